The molecule has 2 aromatic rings. The number of aliphatic hydroxyl groups is 1. The first kappa shape index (κ1) is 16.7. The molecule has 3 heterocycles. The summed E-state index contributed by atoms with van der Waals surface area (Å²) >= 11 is 0. The summed E-state index contributed by atoms with van der Waals surface area (Å²) in [5.74, 6) is 1.63. The van der Waals surface area contributed by atoms with Crippen LogP contribution in [0.15, 0.2) is 36.4 Å². The molecule has 0 bridgehead atoms. The summed E-state index contributed by atoms with van der Waals surface area (Å²) in [5, 5.41) is 20.4. The van der Waals surface area contributed by atoms with Gasteiger partial charge in [-0.3, -0.25) is 0 Å². The van der Waals surface area contributed by atoms with E-state index in [-0.39, 0.29) is 36.6 Å². The van der Waals surface area contributed by atoms with Gasteiger partial charge in [-0.05, 0) is 35.4 Å². The van der Waals surface area contributed by atoms with Gasteiger partial charge in [0.25, 0.3) is 0 Å². The maximum Gasteiger partial charge on any atom is 0.231 e. The number of methoxy groups -OCH3 is 1. The lowest BCUT2D eigenvalue weighted by Gasteiger charge is -2.20. The maximum absolute atomic E-state index is 10.6. The van der Waals surface area contributed by atoms with E-state index in [0.717, 1.165) is 11.1 Å². The molecule has 27 heavy (non-hydrogen) atoms. The monoisotopic (exact) mass is 372 g/mol. The van der Waals surface area contributed by atoms with E-state index >= 15 is 0 Å². The van der Waals surface area contributed by atoms with Crippen LogP contribution in [-0.4, -0.2) is 37.0 Å². The van der Waals surface area contributed by atoms with Gasteiger partial charge in [0.1, 0.15) is 0 Å². The predicted octanol–water partition coefficient (Wildman–Crippen LogP) is 2.52. The van der Waals surface area contributed by atoms with Crippen molar-refractivity contribution in [3.63, 3.8) is 0 Å². The van der Waals surface area contributed by atoms with Crippen LogP contribution in [0.3, 0.4) is 0 Å². The van der Waals surface area contributed by atoms with Crippen molar-refractivity contribution >= 4 is 0 Å². The number of phenolic OH excluding ortho intramolecular Hbond substituents is 1. The molecule has 5 atom stereocenters. The van der Waals surface area contributed by atoms with Gasteiger partial charge in [0.2, 0.25) is 6.79 Å². The Kier molecular flexibility index (Phi) is 3.89. The van der Waals surface area contributed by atoms with Crippen molar-refractivity contribution < 1.29 is 33.9 Å². The van der Waals surface area contributed by atoms with Gasteiger partial charge < -0.3 is 33.9 Å². The summed E-state index contributed by atoms with van der Waals surface area (Å²) in [7, 11) is 1.50. The topological polar surface area (TPSA) is 86.6 Å². The lowest BCUT2D eigenvalue weighted by atomic mass is 9.84. The molecule has 1 unspecified atom stereocenters. The summed E-state index contributed by atoms with van der Waals surface area (Å²) in [6.07, 6.45) is -1.57. The van der Waals surface area contributed by atoms with Crippen LogP contribution in [-0.2, 0) is 9.47 Å². The highest BCUT2D eigenvalue weighted by molar-refractivity contribution is 5.46. The van der Waals surface area contributed by atoms with Gasteiger partial charge >= 0.3 is 0 Å². The number of ether oxygens (including phenoxy) is 5. The van der Waals surface area contributed by atoms with Gasteiger partial charge in [0.15, 0.2) is 29.3 Å². The maximum atomic E-state index is 10.6. The van der Waals surface area contributed by atoms with Crippen LogP contribution in [0.4, 0.5) is 0 Å². The number of hydrogen-bond acceptors (Lipinski definition) is 7. The second kappa shape index (κ2) is 6.30. The zero-order chi connectivity index (χ0) is 18.5. The molecular weight excluding hydrogens is 352 g/mol. The minimum atomic E-state index is -0.947. The van der Waals surface area contributed by atoms with Crippen molar-refractivity contribution in [1.82, 2.24) is 0 Å². The van der Waals surface area contributed by atoms with E-state index in [0.29, 0.717) is 23.9 Å². The van der Waals surface area contributed by atoms with Crippen molar-refractivity contribution in [2.75, 3.05) is 20.5 Å². The Bertz CT molecular complexity index is 858. The van der Waals surface area contributed by atoms with Crippen molar-refractivity contribution in [2.24, 2.45) is 11.8 Å². The van der Waals surface area contributed by atoms with Gasteiger partial charge in [-0.2, -0.15) is 0 Å². The molecular formula is C20H20O7. The van der Waals surface area contributed by atoms with Gasteiger partial charge in [0.05, 0.1) is 25.9 Å². The minimum absolute atomic E-state index is 0.00956. The third-order valence-corrected chi connectivity index (χ3v) is 5.57. The van der Waals surface area contributed by atoms with E-state index in [1.54, 1.807) is 18.2 Å². The molecule has 2 aromatic carbocycles. The average Bonchev–Trinajstić information content (AvgIpc) is 3.38. The molecule has 0 saturated carbocycles. The fraction of sp³-hybridized carbons (Fsp3) is 0.400. The Morgan fingerprint density at radius 3 is 2.63 bits per heavy atom. The van der Waals surface area contributed by atoms with Crippen LogP contribution in [0.1, 0.15) is 23.3 Å². The second-order valence-electron chi connectivity index (χ2n) is 6.99. The lowest BCUT2D eigenvalue weighted by molar-refractivity contribution is -0.134. The molecule has 0 radical (unpaired) electrons. The quantitative estimate of drug-likeness (QED) is 0.856. The molecule has 142 valence electrons. The number of rotatable bonds is 3. The van der Waals surface area contributed by atoms with Crippen LogP contribution in [0.2, 0.25) is 0 Å². The lowest BCUT2D eigenvalue weighted by Crippen LogP contribution is -2.22. The van der Waals surface area contributed by atoms with Gasteiger partial charge in [-0.15, -0.1) is 0 Å². The predicted molar refractivity (Wildman–Crippen MR) is 92.7 cm³/mol. The Morgan fingerprint density at radius 1 is 1.00 bits per heavy atom. The van der Waals surface area contributed by atoms with Gasteiger partial charge in [-0.1, -0.05) is 12.1 Å². The zero-order valence-corrected chi connectivity index (χ0v) is 14.7. The normalized spacial score (nSPS) is 31.1. The molecule has 0 amide bonds. The van der Waals surface area contributed by atoms with E-state index in [1.807, 2.05) is 18.2 Å². The molecule has 3 aliphatic heterocycles. The van der Waals surface area contributed by atoms with Crippen LogP contribution in [0, 0.1) is 11.8 Å². The highest BCUT2D eigenvalue weighted by Crippen LogP contribution is 2.53. The zero-order valence-electron chi connectivity index (χ0n) is 14.7. The van der Waals surface area contributed by atoms with Crippen LogP contribution in [0.25, 0.3) is 0 Å². The fourth-order valence-electron chi connectivity index (χ4n) is 4.26. The molecule has 2 saturated heterocycles. The van der Waals surface area contributed by atoms with Gasteiger partial charge in [-0.25, -0.2) is 0 Å². The molecule has 5 rings (SSSR count). The van der Waals surface area contributed by atoms with Crippen LogP contribution >= 0.6 is 0 Å². The highest BCUT2D eigenvalue weighted by atomic mass is 16.7. The molecule has 2 N–H and O–H groups in total. The Labute approximate surface area is 156 Å². The first-order valence-corrected chi connectivity index (χ1v) is 8.87. The Hall–Kier alpha value is -2.48. The number of aliphatic hydroxyl groups excluding tert-OH is 1. The first-order valence-electron chi connectivity index (χ1n) is 8.87. The number of phenols is 1. The smallest absolute Gasteiger partial charge is 0.231 e. The summed E-state index contributed by atoms with van der Waals surface area (Å²) in [4.78, 5) is 0. The van der Waals surface area contributed by atoms with E-state index in [4.69, 9.17) is 23.7 Å². The molecule has 3 aliphatic rings. The van der Waals surface area contributed by atoms with E-state index in [9.17, 15) is 10.2 Å². The third kappa shape index (κ3) is 2.62. The molecule has 7 heteroatoms. The SMILES string of the molecule is COc1cc([C@H]2OC(O)[C@H]3[C@@H]2CO[C@@H]3c2ccc3c(c2)OCO3)ccc1O. The van der Waals surface area contributed by atoms with Crippen molar-refractivity contribution in [1.29, 1.82) is 0 Å². The highest BCUT2D eigenvalue weighted by Gasteiger charge is 2.53. The Morgan fingerprint density at radius 2 is 1.78 bits per heavy atom. The number of benzene rings is 2. The van der Waals surface area contributed by atoms with Gasteiger partial charge in [0, 0.05) is 11.8 Å². The first-order chi connectivity index (χ1) is 13.2. The summed E-state index contributed by atoms with van der Waals surface area (Å²) in [5.41, 5.74) is 1.77. The Balaban J connectivity index is 1.43. The molecule has 0 aliphatic carbocycles. The molecule has 7 nitrogen and oxygen atoms in total. The molecule has 2 fully saturated rings. The van der Waals surface area contributed by atoms with E-state index < -0.39 is 6.29 Å². The average molecular weight is 372 g/mol. The van der Waals surface area contributed by atoms with Crippen LogP contribution < -0.4 is 14.2 Å². The summed E-state index contributed by atoms with van der Waals surface area (Å²) in [6, 6.07) is 10.8. The number of hydrogen-bond donors (Lipinski definition) is 2. The summed E-state index contributed by atoms with van der Waals surface area (Å²) in [6.45, 7) is 0.682. The summed E-state index contributed by atoms with van der Waals surface area (Å²) < 4.78 is 27.9. The van der Waals surface area contributed by atoms with Crippen molar-refractivity contribution in [3.8, 4) is 23.0 Å². The van der Waals surface area contributed by atoms with E-state index in [2.05, 4.69) is 0 Å². The minimum Gasteiger partial charge on any atom is -0.504 e. The van der Waals surface area contributed by atoms with Crippen molar-refractivity contribution in [2.45, 2.75) is 18.5 Å². The third-order valence-electron chi connectivity index (χ3n) is 5.57. The number of aromatic hydroxyl groups is 1. The standard InChI is InChI=1S/C20H20O7/c1-23-15-6-10(2-4-13(15)21)18-12-8-24-19(17(12)20(22)27-18)11-3-5-14-16(7-11)26-9-25-14/h2-7,12,17-22H,8-9H2,1H3/t12-,17-,18+,19+,20?/m0/s1. The largest absolute Gasteiger partial charge is 0.504 e. The van der Waals surface area contributed by atoms with E-state index in [1.165, 1.54) is 7.11 Å². The molecule has 0 aromatic heterocycles. The second-order valence-corrected chi connectivity index (χ2v) is 6.99. The fourth-order valence-corrected chi connectivity index (χ4v) is 4.26. The van der Waals surface area contributed by atoms with Crippen LogP contribution in [0.5, 0.6) is 23.0 Å². The number of fused-ring (bicyclic) bond motifs is 2. The van der Waals surface area contributed by atoms with Crippen molar-refractivity contribution in [3.05, 3.63) is 47.5 Å². The molecule has 0 spiro atoms.